The zero-order valence-electron chi connectivity index (χ0n) is 20.6. The number of hydrogen-bond acceptors (Lipinski definition) is 6. The van der Waals surface area contributed by atoms with Gasteiger partial charge >= 0.3 is 0 Å². The number of para-hydroxylation sites is 2. The summed E-state index contributed by atoms with van der Waals surface area (Å²) in [7, 11) is 1.62. The van der Waals surface area contributed by atoms with Gasteiger partial charge in [0.2, 0.25) is 11.6 Å². The highest BCUT2D eigenvalue weighted by molar-refractivity contribution is 7.07. The standard InChI is InChI=1S/C29H25N3O4S/c1-17-8-4-6-10-21(17)30-26(33)24-25-20-9-5-7-11-22(20)36-29(24,2)31-28-32(25)27(34)23(37-28)16-18-12-14-19(35-3)15-13-18/h4-16,24-25H,1-3H3,(H,30,33). The highest BCUT2D eigenvalue weighted by Crippen LogP contribution is 2.47. The highest BCUT2D eigenvalue weighted by atomic mass is 32.1. The Bertz CT molecular complexity index is 1710. The lowest BCUT2D eigenvalue weighted by atomic mass is 9.80. The van der Waals surface area contributed by atoms with Gasteiger partial charge in [0.15, 0.2) is 4.80 Å². The molecule has 1 N–H and O–H groups in total. The van der Waals surface area contributed by atoms with Gasteiger partial charge in [-0.3, -0.25) is 14.2 Å². The van der Waals surface area contributed by atoms with Crippen molar-refractivity contribution in [2.45, 2.75) is 25.6 Å². The van der Waals surface area contributed by atoms with Crippen LogP contribution in [0.2, 0.25) is 0 Å². The molecule has 1 aromatic heterocycles. The van der Waals surface area contributed by atoms with Crippen molar-refractivity contribution in [3.05, 3.63) is 109 Å². The molecule has 0 aliphatic carbocycles. The SMILES string of the molecule is COc1ccc(C=c2sc3n(c2=O)C2c4ccccc4OC(C)(N=3)C2C(=O)Nc2ccccc2C)cc1. The number of thiazole rings is 1. The van der Waals surface area contributed by atoms with E-state index in [0.717, 1.165) is 28.1 Å². The number of fused-ring (bicyclic) bond motifs is 6. The van der Waals surface area contributed by atoms with E-state index in [1.54, 1.807) is 11.7 Å². The molecule has 3 heterocycles. The summed E-state index contributed by atoms with van der Waals surface area (Å²) in [6.07, 6.45) is 1.84. The summed E-state index contributed by atoms with van der Waals surface area (Å²) in [6, 6.07) is 22.1. The van der Waals surface area contributed by atoms with Crippen molar-refractivity contribution in [1.29, 1.82) is 0 Å². The lowest BCUT2D eigenvalue weighted by Crippen LogP contribution is -2.59. The van der Waals surface area contributed by atoms with Gasteiger partial charge < -0.3 is 14.8 Å². The third-order valence-corrected chi connectivity index (χ3v) is 7.96. The zero-order valence-corrected chi connectivity index (χ0v) is 21.4. The smallest absolute Gasteiger partial charge is 0.270 e. The first-order chi connectivity index (χ1) is 17.9. The summed E-state index contributed by atoms with van der Waals surface area (Å²) < 4.78 is 13.8. The van der Waals surface area contributed by atoms with Crippen LogP contribution >= 0.6 is 11.3 Å². The van der Waals surface area contributed by atoms with E-state index < -0.39 is 17.7 Å². The Hall–Kier alpha value is -4.17. The van der Waals surface area contributed by atoms with Gasteiger partial charge in [0.25, 0.3) is 5.56 Å². The van der Waals surface area contributed by atoms with Crippen LogP contribution in [0, 0.1) is 12.8 Å². The van der Waals surface area contributed by atoms with Crippen LogP contribution in [0.15, 0.2) is 82.6 Å². The van der Waals surface area contributed by atoms with Crippen molar-refractivity contribution in [3.8, 4) is 11.5 Å². The predicted octanol–water partition coefficient (Wildman–Crippen LogP) is 3.64. The zero-order chi connectivity index (χ0) is 25.7. The maximum Gasteiger partial charge on any atom is 0.270 e. The quantitative estimate of drug-likeness (QED) is 0.454. The maximum absolute atomic E-state index is 13.8. The molecule has 3 aromatic carbocycles. The molecule has 0 spiro atoms. The summed E-state index contributed by atoms with van der Waals surface area (Å²) in [6.45, 7) is 3.76. The van der Waals surface area contributed by atoms with E-state index >= 15 is 0 Å². The monoisotopic (exact) mass is 511 g/mol. The van der Waals surface area contributed by atoms with Crippen LogP contribution in [0.4, 0.5) is 5.69 Å². The number of ether oxygens (including phenoxy) is 2. The van der Waals surface area contributed by atoms with E-state index in [1.807, 2.05) is 92.7 Å². The fraction of sp³-hybridized carbons (Fsp3) is 0.207. The van der Waals surface area contributed by atoms with Gasteiger partial charge in [0.1, 0.15) is 17.4 Å². The van der Waals surface area contributed by atoms with Crippen LogP contribution < -0.4 is 29.7 Å². The molecular formula is C29H25N3O4S. The Morgan fingerprint density at radius 2 is 1.84 bits per heavy atom. The van der Waals surface area contributed by atoms with Crippen LogP contribution in [0.1, 0.15) is 29.7 Å². The topological polar surface area (TPSA) is 81.9 Å². The molecule has 3 unspecified atom stereocenters. The fourth-order valence-electron chi connectivity index (χ4n) is 5.12. The minimum Gasteiger partial charge on any atom is -0.497 e. The molecule has 7 nitrogen and oxygen atoms in total. The molecule has 0 radical (unpaired) electrons. The van der Waals surface area contributed by atoms with Crippen molar-refractivity contribution in [2.75, 3.05) is 12.4 Å². The number of nitrogens with zero attached hydrogens (tertiary/aromatic N) is 2. The lowest BCUT2D eigenvalue weighted by Gasteiger charge is -2.45. The van der Waals surface area contributed by atoms with E-state index in [1.165, 1.54) is 11.3 Å². The van der Waals surface area contributed by atoms with E-state index in [4.69, 9.17) is 14.5 Å². The second-order valence-electron chi connectivity index (χ2n) is 9.37. The normalized spacial score (nSPS) is 21.8. The lowest BCUT2D eigenvalue weighted by molar-refractivity contribution is -0.131. The molecule has 3 atom stereocenters. The van der Waals surface area contributed by atoms with E-state index in [9.17, 15) is 9.59 Å². The predicted molar refractivity (Wildman–Crippen MR) is 143 cm³/mol. The Morgan fingerprint density at radius 3 is 2.59 bits per heavy atom. The molecule has 2 aliphatic rings. The summed E-state index contributed by atoms with van der Waals surface area (Å²) >= 11 is 1.30. The average Bonchev–Trinajstić information content (AvgIpc) is 3.18. The number of nitrogens with one attached hydrogen (secondary N) is 1. The summed E-state index contributed by atoms with van der Waals surface area (Å²) in [4.78, 5) is 33.1. The molecule has 4 aromatic rings. The molecule has 2 aliphatic heterocycles. The number of hydrogen-bond donors (Lipinski definition) is 1. The second kappa shape index (κ2) is 8.74. The average molecular weight is 512 g/mol. The van der Waals surface area contributed by atoms with Gasteiger partial charge in [-0.15, -0.1) is 0 Å². The van der Waals surface area contributed by atoms with Crippen LogP contribution in [0.3, 0.4) is 0 Å². The van der Waals surface area contributed by atoms with Crippen molar-refractivity contribution < 1.29 is 14.3 Å². The Kier molecular flexibility index (Phi) is 5.49. The van der Waals surface area contributed by atoms with Crippen molar-refractivity contribution in [3.63, 3.8) is 0 Å². The minimum absolute atomic E-state index is 0.183. The second-order valence-corrected chi connectivity index (χ2v) is 10.4. The Morgan fingerprint density at radius 1 is 1.11 bits per heavy atom. The van der Waals surface area contributed by atoms with Gasteiger partial charge in [-0.05, 0) is 55.3 Å². The van der Waals surface area contributed by atoms with E-state index in [2.05, 4.69) is 5.32 Å². The molecule has 0 saturated carbocycles. The summed E-state index contributed by atoms with van der Waals surface area (Å²) in [5, 5.41) is 3.06. The maximum atomic E-state index is 13.8. The van der Waals surface area contributed by atoms with E-state index in [-0.39, 0.29) is 11.5 Å². The fourth-order valence-corrected chi connectivity index (χ4v) is 6.22. The number of anilines is 1. The number of amides is 1. The van der Waals surface area contributed by atoms with Crippen LogP contribution in [0.25, 0.3) is 6.08 Å². The molecule has 0 saturated heterocycles. The molecule has 2 bridgehead atoms. The molecule has 1 amide bonds. The first-order valence-electron chi connectivity index (χ1n) is 12.0. The van der Waals surface area contributed by atoms with Gasteiger partial charge in [0.05, 0.1) is 17.7 Å². The number of aromatic nitrogens is 1. The highest BCUT2D eigenvalue weighted by Gasteiger charge is 2.55. The molecule has 8 heteroatoms. The largest absolute Gasteiger partial charge is 0.497 e. The third-order valence-electron chi connectivity index (χ3n) is 6.98. The molecule has 6 rings (SSSR count). The van der Waals surface area contributed by atoms with Crippen LogP contribution in [-0.2, 0) is 4.79 Å². The van der Waals surface area contributed by atoms with Gasteiger partial charge in [-0.1, -0.05) is 59.9 Å². The van der Waals surface area contributed by atoms with Crippen LogP contribution in [-0.4, -0.2) is 23.3 Å². The number of rotatable bonds is 4. The van der Waals surface area contributed by atoms with Gasteiger partial charge in [0, 0.05) is 11.3 Å². The number of carbonyl (C=O) groups is 1. The summed E-state index contributed by atoms with van der Waals surface area (Å²) in [5.74, 6) is 0.371. The number of benzene rings is 3. The van der Waals surface area contributed by atoms with Crippen molar-refractivity contribution >= 4 is 29.0 Å². The molecule has 0 fully saturated rings. The Balaban J connectivity index is 1.51. The molecule has 186 valence electrons. The first-order valence-corrected chi connectivity index (χ1v) is 12.8. The molecular weight excluding hydrogens is 486 g/mol. The third kappa shape index (κ3) is 3.84. The number of methoxy groups -OCH3 is 1. The van der Waals surface area contributed by atoms with Crippen molar-refractivity contribution in [2.24, 2.45) is 10.9 Å². The summed E-state index contributed by atoms with van der Waals surface area (Å²) in [5.41, 5.74) is 1.97. The van der Waals surface area contributed by atoms with Gasteiger partial charge in [-0.25, -0.2) is 4.99 Å². The van der Waals surface area contributed by atoms with E-state index in [0.29, 0.717) is 15.1 Å². The van der Waals surface area contributed by atoms with Gasteiger partial charge in [-0.2, -0.15) is 0 Å². The minimum atomic E-state index is -1.18. The Labute approximate surface area is 217 Å². The first kappa shape index (κ1) is 23.2. The number of aryl methyl sites for hydroxylation is 1. The van der Waals surface area contributed by atoms with Crippen molar-refractivity contribution in [1.82, 2.24) is 4.57 Å². The molecule has 37 heavy (non-hydrogen) atoms. The van der Waals surface area contributed by atoms with Crippen LogP contribution in [0.5, 0.6) is 11.5 Å². The number of carbonyl (C=O) groups excluding carboxylic acids is 1.